The Kier molecular flexibility index (Phi) is 3.90. The fraction of sp³-hybridized carbons (Fsp3) is 0.143. The van der Waals surface area contributed by atoms with Gasteiger partial charge in [0.15, 0.2) is 0 Å². The third-order valence-corrected chi connectivity index (χ3v) is 3.70. The van der Waals surface area contributed by atoms with Crippen LogP contribution in [0.2, 0.25) is 5.02 Å². The summed E-state index contributed by atoms with van der Waals surface area (Å²) in [7, 11) is 0. The Morgan fingerprint density at radius 3 is 2.50 bits per heavy atom. The second kappa shape index (κ2) is 5.43. The van der Waals surface area contributed by atoms with Crippen LogP contribution in [0.5, 0.6) is 0 Å². The fourth-order valence-electron chi connectivity index (χ4n) is 1.63. The minimum Gasteiger partial charge on any atom is -0.245 e. The van der Waals surface area contributed by atoms with Gasteiger partial charge >= 0.3 is 0 Å². The van der Waals surface area contributed by atoms with E-state index in [4.69, 9.17) is 11.6 Å². The summed E-state index contributed by atoms with van der Waals surface area (Å²) in [5.41, 5.74) is 2.52. The first kappa shape index (κ1) is 12.9. The molecule has 0 fully saturated rings. The number of nitrogens with zero attached hydrogens (tertiary/aromatic N) is 2. The summed E-state index contributed by atoms with van der Waals surface area (Å²) < 4.78 is 0. The van der Waals surface area contributed by atoms with Crippen LogP contribution in [-0.4, -0.2) is 4.98 Å². The van der Waals surface area contributed by atoms with Crippen molar-refractivity contribution in [1.29, 1.82) is 5.26 Å². The molecule has 0 N–H and O–H groups in total. The van der Waals surface area contributed by atoms with Gasteiger partial charge in [-0.15, -0.1) is 0 Å². The predicted octanol–water partition coefficient (Wildman–Crippen LogP) is 4.37. The topological polar surface area (TPSA) is 36.7 Å². The number of pyridine rings is 1. The summed E-state index contributed by atoms with van der Waals surface area (Å²) >= 11 is 7.33. The van der Waals surface area contributed by atoms with Crippen LogP contribution in [0.4, 0.5) is 0 Å². The van der Waals surface area contributed by atoms with Gasteiger partial charge in [-0.3, -0.25) is 0 Å². The minimum absolute atomic E-state index is 0.639. The van der Waals surface area contributed by atoms with Gasteiger partial charge in [0.25, 0.3) is 0 Å². The normalized spacial score (nSPS) is 10.1. The van der Waals surface area contributed by atoms with Crippen LogP contribution in [0.25, 0.3) is 0 Å². The average molecular weight is 275 g/mol. The molecule has 90 valence electrons. The monoisotopic (exact) mass is 274 g/mol. The molecule has 0 bridgehead atoms. The Bertz CT molecular complexity index is 615. The second-order valence-electron chi connectivity index (χ2n) is 3.93. The van der Waals surface area contributed by atoms with Crippen molar-refractivity contribution in [2.75, 3.05) is 0 Å². The smallest absolute Gasteiger partial charge is 0.119 e. The minimum atomic E-state index is 0.639. The van der Waals surface area contributed by atoms with Crippen LogP contribution >= 0.6 is 23.4 Å². The van der Waals surface area contributed by atoms with Crippen molar-refractivity contribution < 1.29 is 0 Å². The third kappa shape index (κ3) is 2.84. The standard InChI is InChI=1S/C14H11ClN2S/c1-9-7-10(2)17-14(13(9)8-16)18-12-5-3-11(15)4-6-12/h3-7H,1-2H3. The number of hydrogen-bond donors (Lipinski definition) is 0. The molecule has 0 unspecified atom stereocenters. The molecular formula is C14H11ClN2S. The van der Waals surface area contributed by atoms with Crippen LogP contribution in [0.1, 0.15) is 16.8 Å². The number of aryl methyl sites for hydroxylation is 2. The van der Waals surface area contributed by atoms with Gasteiger partial charge in [-0.2, -0.15) is 5.26 Å². The van der Waals surface area contributed by atoms with E-state index in [9.17, 15) is 5.26 Å². The lowest BCUT2D eigenvalue weighted by Gasteiger charge is -2.07. The van der Waals surface area contributed by atoms with Gasteiger partial charge in [-0.1, -0.05) is 23.4 Å². The molecule has 2 rings (SSSR count). The van der Waals surface area contributed by atoms with Gasteiger partial charge in [-0.25, -0.2) is 4.98 Å². The van der Waals surface area contributed by atoms with E-state index < -0.39 is 0 Å². The molecular weight excluding hydrogens is 264 g/mol. The first-order chi connectivity index (χ1) is 8.60. The summed E-state index contributed by atoms with van der Waals surface area (Å²) in [5.74, 6) is 0. The zero-order valence-corrected chi connectivity index (χ0v) is 11.6. The Morgan fingerprint density at radius 1 is 1.22 bits per heavy atom. The molecule has 0 aliphatic heterocycles. The van der Waals surface area contributed by atoms with Crippen molar-refractivity contribution in [1.82, 2.24) is 4.98 Å². The first-order valence-electron chi connectivity index (χ1n) is 5.42. The van der Waals surface area contributed by atoms with Gasteiger partial charge in [0.2, 0.25) is 0 Å². The molecule has 0 radical (unpaired) electrons. The van der Waals surface area contributed by atoms with Crippen LogP contribution in [0, 0.1) is 25.2 Å². The zero-order valence-electron chi connectivity index (χ0n) is 10.1. The van der Waals surface area contributed by atoms with Gasteiger partial charge < -0.3 is 0 Å². The first-order valence-corrected chi connectivity index (χ1v) is 6.61. The van der Waals surface area contributed by atoms with Crippen molar-refractivity contribution in [2.45, 2.75) is 23.8 Å². The molecule has 0 saturated carbocycles. The molecule has 0 saturated heterocycles. The lowest BCUT2D eigenvalue weighted by atomic mass is 10.1. The maximum absolute atomic E-state index is 9.19. The van der Waals surface area contributed by atoms with E-state index in [1.807, 2.05) is 44.2 Å². The molecule has 0 spiro atoms. The molecule has 4 heteroatoms. The summed E-state index contributed by atoms with van der Waals surface area (Å²) in [6.45, 7) is 3.86. The largest absolute Gasteiger partial charge is 0.245 e. The van der Waals surface area contributed by atoms with E-state index in [1.165, 1.54) is 11.8 Å². The number of rotatable bonds is 2. The molecule has 0 atom stereocenters. The molecule has 2 nitrogen and oxygen atoms in total. The quantitative estimate of drug-likeness (QED) is 0.816. The summed E-state index contributed by atoms with van der Waals surface area (Å²) in [6.07, 6.45) is 0. The SMILES string of the molecule is Cc1cc(C)c(C#N)c(Sc2ccc(Cl)cc2)n1. The van der Waals surface area contributed by atoms with E-state index in [0.717, 1.165) is 21.2 Å². The molecule has 0 aliphatic rings. The number of nitriles is 1. The van der Waals surface area contributed by atoms with E-state index in [-0.39, 0.29) is 0 Å². The highest BCUT2D eigenvalue weighted by molar-refractivity contribution is 7.99. The Morgan fingerprint density at radius 2 is 1.89 bits per heavy atom. The molecule has 18 heavy (non-hydrogen) atoms. The van der Waals surface area contributed by atoms with Gasteiger partial charge in [-0.05, 0) is 49.7 Å². The maximum atomic E-state index is 9.19. The maximum Gasteiger partial charge on any atom is 0.119 e. The number of aromatic nitrogens is 1. The summed E-state index contributed by atoms with van der Waals surface area (Å²) in [6, 6.07) is 11.6. The molecule has 0 aliphatic carbocycles. The van der Waals surface area contributed by atoms with E-state index in [2.05, 4.69) is 11.1 Å². The number of hydrogen-bond acceptors (Lipinski definition) is 3. The summed E-state index contributed by atoms with van der Waals surface area (Å²) in [4.78, 5) is 5.45. The van der Waals surface area contributed by atoms with E-state index >= 15 is 0 Å². The van der Waals surface area contributed by atoms with Crippen LogP contribution < -0.4 is 0 Å². The van der Waals surface area contributed by atoms with Crippen molar-refractivity contribution in [3.8, 4) is 6.07 Å². The Hall–Kier alpha value is -1.50. The fourth-order valence-corrected chi connectivity index (χ4v) is 2.75. The van der Waals surface area contributed by atoms with Crippen LogP contribution in [0.3, 0.4) is 0 Å². The molecule has 1 heterocycles. The molecule has 2 aromatic rings. The van der Waals surface area contributed by atoms with Gasteiger partial charge in [0.1, 0.15) is 11.1 Å². The van der Waals surface area contributed by atoms with Crippen LogP contribution in [-0.2, 0) is 0 Å². The van der Waals surface area contributed by atoms with Crippen molar-refractivity contribution >= 4 is 23.4 Å². The van der Waals surface area contributed by atoms with Gasteiger partial charge in [0.05, 0.1) is 5.56 Å². The second-order valence-corrected chi connectivity index (χ2v) is 5.43. The lowest BCUT2D eigenvalue weighted by molar-refractivity contribution is 1.03. The number of halogens is 1. The van der Waals surface area contributed by atoms with E-state index in [1.54, 1.807) is 0 Å². The molecule has 1 aromatic carbocycles. The lowest BCUT2D eigenvalue weighted by Crippen LogP contribution is -1.93. The predicted molar refractivity (Wildman–Crippen MR) is 74.0 cm³/mol. The van der Waals surface area contributed by atoms with E-state index in [0.29, 0.717) is 10.6 Å². The Labute approximate surface area is 116 Å². The highest BCUT2D eigenvalue weighted by Gasteiger charge is 2.10. The molecule has 1 aromatic heterocycles. The highest BCUT2D eigenvalue weighted by Crippen LogP contribution is 2.31. The summed E-state index contributed by atoms with van der Waals surface area (Å²) in [5, 5.41) is 10.6. The zero-order chi connectivity index (χ0) is 13.1. The van der Waals surface area contributed by atoms with Gasteiger partial charge in [0, 0.05) is 15.6 Å². The van der Waals surface area contributed by atoms with Crippen molar-refractivity contribution in [3.05, 3.63) is 52.2 Å². The highest BCUT2D eigenvalue weighted by atomic mass is 35.5. The Balaban J connectivity index is 2.40. The third-order valence-electron chi connectivity index (χ3n) is 2.45. The van der Waals surface area contributed by atoms with Crippen LogP contribution in [0.15, 0.2) is 40.3 Å². The number of benzene rings is 1. The van der Waals surface area contributed by atoms with Crippen molar-refractivity contribution in [2.24, 2.45) is 0 Å². The average Bonchev–Trinajstić information content (AvgIpc) is 2.32. The van der Waals surface area contributed by atoms with Crippen molar-refractivity contribution in [3.63, 3.8) is 0 Å². The molecule has 0 amide bonds.